The molecule has 0 fully saturated rings. The summed E-state index contributed by atoms with van der Waals surface area (Å²) in [6.07, 6.45) is 0.600. The number of amides is 2. The van der Waals surface area contributed by atoms with Crippen LogP contribution in [0.1, 0.15) is 36.6 Å². The van der Waals surface area contributed by atoms with Crippen LogP contribution in [-0.2, 0) is 4.74 Å². The zero-order chi connectivity index (χ0) is 17.4. The third kappa shape index (κ3) is 5.25. The van der Waals surface area contributed by atoms with E-state index in [-0.39, 0.29) is 18.2 Å². The van der Waals surface area contributed by atoms with Crippen LogP contribution in [0.2, 0.25) is 5.02 Å². The van der Waals surface area contributed by atoms with Gasteiger partial charge in [-0.05, 0) is 29.7 Å². The van der Waals surface area contributed by atoms with Crippen molar-refractivity contribution < 1.29 is 9.53 Å². The quantitative estimate of drug-likeness (QED) is 0.776. The van der Waals surface area contributed by atoms with Crippen LogP contribution in [0, 0.1) is 0 Å². The Morgan fingerprint density at radius 3 is 2.46 bits per heavy atom. The lowest BCUT2D eigenvalue weighted by atomic mass is 10.1. The Morgan fingerprint density at radius 2 is 1.83 bits per heavy atom. The minimum Gasteiger partial charge on any atom is -0.375 e. The summed E-state index contributed by atoms with van der Waals surface area (Å²) in [5.74, 6) is 0. The maximum atomic E-state index is 12.2. The first-order valence-corrected chi connectivity index (χ1v) is 8.39. The second-order valence-corrected chi connectivity index (χ2v) is 5.94. The molecule has 0 aromatic heterocycles. The minimum absolute atomic E-state index is 0.0820. The summed E-state index contributed by atoms with van der Waals surface area (Å²) < 4.78 is 5.46. The highest BCUT2D eigenvalue weighted by atomic mass is 35.5. The zero-order valence-electron chi connectivity index (χ0n) is 14.0. The summed E-state index contributed by atoms with van der Waals surface area (Å²) in [6.45, 7) is 2.42. The van der Waals surface area contributed by atoms with Crippen molar-refractivity contribution in [3.8, 4) is 0 Å². The van der Waals surface area contributed by atoms with Crippen molar-refractivity contribution >= 4 is 17.6 Å². The molecule has 2 N–H and O–H groups in total. The van der Waals surface area contributed by atoms with Crippen LogP contribution in [-0.4, -0.2) is 19.7 Å². The van der Waals surface area contributed by atoms with E-state index in [1.54, 1.807) is 7.11 Å². The molecule has 2 rings (SSSR count). The minimum atomic E-state index is -0.222. The van der Waals surface area contributed by atoms with Crippen molar-refractivity contribution in [3.63, 3.8) is 0 Å². The van der Waals surface area contributed by atoms with Gasteiger partial charge in [-0.25, -0.2) is 4.79 Å². The summed E-state index contributed by atoms with van der Waals surface area (Å²) in [6, 6.07) is 17.1. The van der Waals surface area contributed by atoms with Crippen LogP contribution in [0.25, 0.3) is 0 Å². The monoisotopic (exact) mass is 346 g/mol. The summed E-state index contributed by atoms with van der Waals surface area (Å²) in [7, 11) is 1.64. The molecular weight excluding hydrogens is 324 g/mol. The van der Waals surface area contributed by atoms with Crippen LogP contribution < -0.4 is 10.6 Å². The second kappa shape index (κ2) is 9.30. The number of benzene rings is 2. The number of urea groups is 1. The topological polar surface area (TPSA) is 50.4 Å². The number of hydrogen-bond acceptors (Lipinski definition) is 2. The molecule has 0 spiro atoms. The van der Waals surface area contributed by atoms with Gasteiger partial charge < -0.3 is 15.4 Å². The highest BCUT2D eigenvalue weighted by Gasteiger charge is 2.15. The predicted octanol–water partition coefficient (Wildman–Crippen LogP) is 4.48. The first kappa shape index (κ1) is 18.3. The van der Waals surface area contributed by atoms with E-state index in [1.165, 1.54) is 0 Å². The molecule has 2 unspecified atom stereocenters. The van der Waals surface area contributed by atoms with Gasteiger partial charge in [0.2, 0.25) is 0 Å². The van der Waals surface area contributed by atoms with Gasteiger partial charge in [-0.1, -0.05) is 61.0 Å². The highest BCUT2D eigenvalue weighted by molar-refractivity contribution is 6.30. The molecule has 4 nitrogen and oxygen atoms in total. The van der Waals surface area contributed by atoms with Gasteiger partial charge in [0.1, 0.15) is 0 Å². The summed E-state index contributed by atoms with van der Waals surface area (Å²) in [5.41, 5.74) is 2.02. The highest BCUT2D eigenvalue weighted by Crippen LogP contribution is 2.20. The first-order chi connectivity index (χ1) is 11.6. The van der Waals surface area contributed by atoms with Crippen LogP contribution in [0.3, 0.4) is 0 Å². The van der Waals surface area contributed by atoms with E-state index < -0.39 is 0 Å². The molecule has 0 saturated carbocycles. The number of carbonyl (C=O) groups is 1. The molecule has 5 heteroatoms. The Hall–Kier alpha value is -2.04. The average molecular weight is 347 g/mol. The van der Waals surface area contributed by atoms with E-state index in [0.29, 0.717) is 11.6 Å². The molecule has 0 aliphatic heterocycles. The number of carbonyl (C=O) groups excluding carboxylic acids is 1. The molecule has 2 amide bonds. The van der Waals surface area contributed by atoms with Crippen molar-refractivity contribution in [2.75, 3.05) is 13.7 Å². The van der Waals surface area contributed by atoms with Crippen LogP contribution in [0.4, 0.5) is 4.79 Å². The molecule has 128 valence electrons. The van der Waals surface area contributed by atoms with Crippen molar-refractivity contribution in [1.29, 1.82) is 0 Å². The fourth-order valence-corrected chi connectivity index (χ4v) is 2.74. The van der Waals surface area contributed by atoms with Gasteiger partial charge in [-0.3, -0.25) is 0 Å². The maximum absolute atomic E-state index is 12.2. The molecule has 2 aromatic carbocycles. The van der Waals surface area contributed by atoms with Gasteiger partial charge in [-0.15, -0.1) is 0 Å². The lowest BCUT2D eigenvalue weighted by Crippen LogP contribution is -2.40. The van der Waals surface area contributed by atoms with Crippen molar-refractivity contribution in [3.05, 3.63) is 70.7 Å². The van der Waals surface area contributed by atoms with Gasteiger partial charge in [0.25, 0.3) is 0 Å². The molecule has 24 heavy (non-hydrogen) atoms. The summed E-state index contributed by atoms with van der Waals surface area (Å²) in [4.78, 5) is 12.2. The Morgan fingerprint density at radius 1 is 1.12 bits per heavy atom. The van der Waals surface area contributed by atoms with Gasteiger partial charge in [-0.2, -0.15) is 0 Å². The molecule has 0 bridgehead atoms. The summed E-state index contributed by atoms with van der Waals surface area (Å²) in [5, 5.41) is 6.51. The van der Waals surface area contributed by atoms with Crippen LogP contribution >= 0.6 is 11.6 Å². The van der Waals surface area contributed by atoms with Gasteiger partial charge in [0.05, 0.1) is 12.1 Å². The predicted molar refractivity (Wildman–Crippen MR) is 97.2 cm³/mol. The Labute approximate surface area is 148 Å². The van der Waals surface area contributed by atoms with E-state index >= 15 is 0 Å². The largest absolute Gasteiger partial charge is 0.375 e. The molecule has 0 radical (unpaired) electrons. The van der Waals surface area contributed by atoms with E-state index in [4.69, 9.17) is 16.3 Å². The number of ether oxygens (including phenoxy) is 1. The van der Waals surface area contributed by atoms with Crippen molar-refractivity contribution in [2.45, 2.75) is 25.5 Å². The van der Waals surface area contributed by atoms with Gasteiger partial charge >= 0.3 is 6.03 Å². The molecular formula is C19H23ClN2O2. The van der Waals surface area contributed by atoms with Crippen LogP contribution in [0.15, 0.2) is 54.6 Å². The number of halogens is 1. The van der Waals surface area contributed by atoms with Crippen molar-refractivity contribution in [1.82, 2.24) is 10.6 Å². The van der Waals surface area contributed by atoms with Gasteiger partial charge in [0.15, 0.2) is 0 Å². The SMILES string of the molecule is CCC(NC(=O)NCC(OC)c1ccccc1)c1cccc(Cl)c1. The van der Waals surface area contributed by atoms with E-state index in [1.807, 2.05) is 61.5 Å². The molecule has 0 heterocycles. The Kier molecular flexibility index (Phi) is 7.09. The number of methoxy groups -OCH3 is 1. The van der Waals surface area contributed by atoms with Gasteiger partial charge in [0, 0.05) is 18.7 Å². The number of hydrogen-bond donors (Lipinski definition) is 2. The molecule has 0 saturated heterocycles. The van der Waals surface area contributed by atoms with Crippen molar-refractivity contribution in [2.24, 2.45) is 0 Å². The second-order valence-electron chi connectivity index (χ2n) is 5.51. The number of rotatable bonds is 7. The van der Waals surface area contributed by atoms with E-state index in [2.05, 4.69) is 10.6 Å². The molecule has 2 atom stereocenters. The fraction of sp³-hybridized carbons (Fsp3) is 0.316. The molecule has 0 aliphatic rings. The van der Waals surface area contributed by atoms with E-state index in [0.717, 1.165) is 17.5 Å². The average Bonchev–Trinajstić information content (AvgIpc) is 2.61. The third-order valence-electron chi connectivity index (χ3n) is 3.87. The number of nitrogens with one attached hydrogen (secondary N) is 2. The lowest BCUT2D eigenvalue weighted by molar-refractivity contribution is 0.104. The third-order valence-corrected chi connectivity index (χ3v) is 4.10. The smallest absolute Gasteiger partial charge is 0.315 e. The standard InChI is InChI=1S/C19H23ClN2O2/c1-3-17(15-10-7-11-16(20)12-15)22-19(23)21-13-18(24-2)14-8-5-4-6-9-14/h4-12,17-18H,3,13H2,1-2H3,(H2,21,22,23). The first-order valence-electron chi connectivity index (χ1n) is 8.01. The Bertz CT molecular complexity index is 649. The Balaban J connectivity index is 1.92. The van der Waals surface area contributed by atoms with Crippen LogP contribution in [0.5, 0.6) is 0 Å². The molecule has 2 aromatic rings. The normalized spacial score (nSPS) is 13.1. The lowest BCUT2D eigenvalue weighted by Gasteiger charge is -2.20. The molecule has 0 aliphatic carbocycles. The van der Waals surface area contributed by atoms with E-state index in [9.17, 15) is 4.79 Å². The zero-order valence-corrected chi connectivity index (χ0v) is 14.7. The fourth-order valence-electron chi connectivity index (χ4n) is 2.54. The summed E-state index contributed by atoms with van der Waals surface area (Å²) >= 11 is 6.03. The maximum Gasteiger partial charge on any atom is 0.315 e.